The summed E-state index contributed by atoms with van der Waals surface area (Å²) in [5, 5.41) is 4.01. The van der Waals surface area contributed by atoms with Gasteiger partial charge in [0.25, 0.3) is 0 Å². The second-order valence-electron chi connectivity index (χ2n) is 7.82. The van der Waals surface area contributed by atoms with Crippen molar-refractivity contribution in [3.8, 4) is 11.1 Å². The molecule has 1 amide bonds. The van der Waals surface area contributed by atoms with E-state index in [9.17, 15) is 13.6 Å². The van der Waals surface area contributed by atoms with Crippen molar-refractivity contribution in [3.05, 3.63) is 65.3 Å². The normalized spacial score (nSPS) is 17.0. The van der Waals surface area contributed by atoms with Gasteiger partial charge in [-0.1, -0.05) is 11.2 Å². The highest BCUT2D eigenvalue weighted by atomic mass is 19.2. The number of piperidine rings is 1. The molecule has 8 heteroatoms. The fourth-order valence-electron chi connectivity index (χ4n) is 4.33. The number of hydrogen-bond acceptors (Lipinski definition) is 4. The summed E-state index contributed by atoms with van der Waals surface area (Å²) in [7, 11) is 0. The van der Waals surface area contributed by atoms with Crippen LogP contribution in [0.15, 0.2) is 40.9 Å². The summed E-state index contributed by atoms with van der Waals surface area (Å²) in [6.45, 7) is 3.76. The zero-order valence-electron chi connectivity index (χ0n) is 17.1. The first-order valence-corrected chi connectivity index (χ1v) is 10.1. The third-order valence-corrected chi connectivity index (χ3v) is 5.77. The lowest BCUT2D eigenvalue weighted by molar-refractivity contribution is -0.120. The van der Waals surface area contributed by atoms with Crippen molar-refractivity contribution < 1.29 is 18.1 Å². The van der Waals surface area contributed by atoms with Crippen molar-refractivity contribution in [3.63, 3.8) is 0 Å². The molecule has 0 unspecified atom stereocenters. The SMILES string of the molecule is Cc1noc(C)c1-c1ccc2nc([C@@H]3CCCC(=O)N3c3ccc(F)c(F)c3)[nH]c2c1. The monoisotopic (exact) mass is 422 g/mol. The van der Waals surface area contributed by atoms with Crippen LogP contribution >= 0.6 is 0 Å². The van der Waals surface area contributed by atoms with Crippen LogP contribution in [0.1, 0.15) is 42.6 Å². The molecule has 1 aliphatic rings. The molecule has 4 aromatic rings. The Hall–Kier alpha value is -3.55. The maximum atomic E-state index is 13.9. The fourth-order valence-corrected chi connectivity index (χ4v) is 4.33. The number of carbonyl (C=O) groups is 1. The summed E-state index contributed by atoms with van der Waals surface area (Å²) < 4.78 is 32.6. The quantitative estimate of drug-likeness (QED) is 0.482. The van der Waals surface area contributed by atoms with E-state index < -0.39 is 11.6 Å². The predicted octanol–water partition coefficient (Wildman–Crippen LogP) is 5.37. The van der Waals surface area contributed by atoms with Crippen molar-refractivity contribution in [1.29, 1.82) is 0 Å². The molecule has 0 aliphatic carbocycles. The van der Waals surface area contributed by atoms with Crippen molar-refractivity contribution in [1.82, 2.24) is 15.1 Å². The molecule has 3 heterocycles. The van der Waals surface area contributed by atoms with Crippen LogP contribution in [-0.4, -0.2) is 21.0 Å². The zero-order valence-corrected chi connectivity index (χ0v) is 17.1. The second-order valence-corrected chi connectivity index (χ2v) is 7.82. The Balaban J connectivity index is 1.56. The number of hydrogen-bond donors (Lipinski definition) is 1. The lowest BCUT2D eigenvalue weighted by Crippen LogP contribution is -2.38. The minimum absolute atomic E-state index is 0.140. The summed E-state index contributed by atoms with van der Waals surface area (Å²) in [6, 6.07) is 8.97. The van der Waals surface area contributed by atoms with E-state index in [4.69, 9.17) is 9.51 Å². The third-order valence-electron chi connectivity index (χ3n) is 5.77. The maximum absolute atomic E-state index is 13.9. The van der Waals surface area contributed by atoms with Gasteiger partial charge in [-0.25, -0.2) is 13.8 Å². The maximum Gasteiger partial charge on any atom is 0.227 e. The third kappa shape index (κ3) is 3.28. The number of amides is 1. The van der Waals surface area contributed by atoms with Gasteiger partial charge in [-0.15, -0.1) is 0 Å². The number of aryl methyl sites for hydroxylation is 2. The largest absolute Gasteiger partial charge is 0.361 e. The number of imidazole rings is 1. The average molecular weight is 422 g/mol. The summed E-state index contributed by atoms with van der Waals surface area (Å²) >= 11 is 0. The van der Waals surface area contributed by atoms with Crippen LogP contribution in [0, 0.1) is 25.5 Å². The second kappa shape index (κ2) is 7.30. The molecule has 2 aromatic heterocycles. The van der Waals surface area contributed by atoms with Gasteiger partial charge < -0.3 is 14.4 Å². The molecule has 6 nitrogen and oxygen atoms in total. The number of fused-ring (bicyclic) bond motifs is 1. The molecule has 158 valence electrons. The van der Waals surface area contributed by atoms with E-state index >= 15 is 0 Å². The molecular weight excluding hydrogens is 402 g/mol. The Bertz CT molecular complexity index is 1290. The van der Waals surface area contributed by atoms with E-state index in [1.165, 1.54) is 11.0 Å². The molecule has 0 bridgehead atoms. The van der Waals surface area contributed by atoms with Gasteiger partial charge in [0.15, 0.2) is 11.6 Å². The van der Waals surface area contributed by atoms with Crippen LogP contribution in [0.25, 0.3) is 22.2 Å². The first-order valence-electron chi connectivity index (χ1n) is 10.1. The summed E-state index contributed by atoms with van der Waals surface area (Å²) in [4.78, 5) is 22.3. The Morgan fingerprint density at radius 2 is 1.97 bits per heavy atom. The number of aromatic amines is 1. The van der Waals surface area contributed by atoms with Gasteiger partial charge >= 0.3 is 0 Å². The molecule has 0 radical (unpaired) electrons. The minimum Gasteiger partial charge on any atom is -0.361 e. The Labute approximate surface area is 176 Å². The van der Waals surface area contributed by atoms with Crippen LogP contribution in [-0.2, 0) is 4.79 Å². The number of halogens is 2. The Morgan fingerprint density at radius 1 is 1.13 bits per heavy atom. The Morgan fingerprint density at radius 3 is 2.71 bits per heavy atom. The Kier molecular flexibility index (Phi) is 4.57. The van der Waals surface area contributed by atoms with Crippen molar-refractivity contribution in [2.24, 2.45) is 0 Å². The van der Waals surface area contributed by atoms with Gasteiger partial charge in [0.05, 0.1) is 22.8 Å². The minimum atomic E-state index is -0.983. The molecule has 1 fully saturated rings. The van der Waals surface area contributed by atoms with E-state index in [-0.39, 0.29) is 11.9 Å². The van der Waals surface area contributed by atoms with Crippen LogP contribution in [0.3, 0.4) is 0 Å². The molecular formula is C23H20F2N4O2. The highest BCUT2D eigenvalue weighted by Crippen LogP contribution is 2.36. The smallest absolute Gasteiger partial charge is 0.227 e. The standard InChI is InChI=1S/C23H20F2N4O2/c1-12-22(13(2)31-28-12)14-6-9-18-19(10-14)27-23(26-18)20-4-3-5-21(30)29(20)15-7-8-16(24)17(25)11-15/h6-11,20H,3-5H2,1-2H3,(H,26,27)/t20-/m0/s1. The van der Waals surface area contributed by atoms with E-state index in [1.807, 2.05) is 32.0 Å². The van der Waals surface area contributed by atoms with Crippen LogP contribution in [0.5, 0.6) is 0 Å². The van der Waals surface area contributed by atoms with Gasteiger partial charge in [-0.3, -0.25) is 4.79 Å². The molecule has 0 saturated carbocycles. The summed E-state index contributed by atoms with van der Waals surface area (Å²) in [5.74, 6) is -0.717. The van der Waals surface area contributed by atoms with E-state index in [0.717, 1.165) is 45.7 Å². The van der Waals surface area contributed by atoms with Crippen molar-refractivity contribution in [2.75, 3.05) is 4.90 Å². The number of carbonyl (C=O) groups excluding carboxylic acids is 1. The van der Waals surface area contributed by atoms with Gasteiger partial charge in [-0.2, -0.15) is 0 Å². The van der Waals surface area contributed by atoms with Gasteiger partial charge in [-0.05, 0) is 56.5 Å². The molecule has 1 saturated heterocycles. The number of aromatic nitrogens is 3. The molecule has 31 heavy (non-hydrogen) atoms. The highest BCUT2D eigenvalue weighted by Gasteiger charge is 2.33. The van der Waals surface area contributed by atoms with Crippen molar-refractivity contribution in [2.45, 2.75) is 39.2 Å². The van der Waals surface area contributed by atoms with E-state index in [1.54, 1.807) is 0 Å². The summed E-state index contributed by atoms with van der Waals surface area (Å²) in [6.07, 6.45) is 1.72. The first kappa shape index (κ1) is 19.4. The number of nitrogens with one attached hydrogen (secondary N) is 1. The zero-order chi connectivity index (χ0) is 21.7. The van der Waals surface area contributed by atoms with Gasteiger partial charge in [0, 0.05) is 23.7 Å². The first-order chi connectivity index (χ1) is 14.9. The summed E-state index contributed by atoms with van der Waals surface area (Å²) in [5.41, 5.74) is 4.60. The lowest BCUT2D eigenvalue weighted by atomic mass is 10.00. The molecule has 1 aliphatic heterocycles. The fraction of sp³-hybridized carbons (Fsp3) is 0.261. The molecule has 5 rings (SSSR count). The molecule has 1 atom stereocenters. The topological polar surface area (TPSA) is 75.0 Å². The van der Waals surface area contributed by atoms with E-state index in [0.29, 0.717) is 30.8 Å². The number of anilines is 1. The lowest BCUT2D eigenvalue weighted by Gasteiger charge is -2.34. The van der Waals surface area contributed by atoms with Crippen LogP contribution < -0.4 is 4.90 Å². The van der Waals surface area contributed by atoms with Crippen LogP contribution in [0.2, 0.25) is 0 Å². The average Bonchev–Trinajstić information content (AvgIpc) is 3.32. The van der Waals surface area contributed by atoms with E-state index in [2.05, 4.69) is 10.1 Å². The number of benzene rings is 2. The number of nitrogens with zero attached hydrogens (tertiary/aromatic N) is 3. The molecule has 2 aromatic carbocycles. The molecule has 1 N–H and O–H groups in total. The predicted molar refractivity (Wildman–Crippen MR) is 112 cm³/mol. The van der Waals surface area contributed by atoms with Gasteiger partial charge in [0.2, 0.25) is 5.91 Å². The van der Waals surface area contributed by atoms with Gasteiger partial charge in [0.1, 0.15) is 11.6 Å². The highest BCUT2D eigenvalue weighted by molar-refractivity contribution is 5.95. The van der Waals surface area contributed by atoms with Crippen molar-refractivity contribution >= 4 is 22.6 Å². The number of rotatable bonds is 3. The molecule has 0 spiro atoms. The van der Waals surface area contributed by atoms with Crippen LogP contribution in [0.4, 0.5) is 14.5 Å². The number of H-pyrrole nitrogens is 1.